The van der Waals surface area contributed by atoms with E-state index in [0.717, 1.165) is 18.4 Å². The Morgan fingerprint density at radius 2 is 1.92 bits per heavy atom. The number of benzene rings is 1. The predicted molar refractivity (Wildman–Crippen MR) is 51.8 cm³/mol. The first-order valence-electron chi connectivity index (χ1n) is 4.36. The molecular formula is C11H13FO. The van der Waals surface area contributed by atoms with Crippen molar-refractivity contribution in [3.05, 3.63) is 41.7 Å². The molecule has 0 aliphatic carbocycles. The van der Waals surface area contributed by atoms with Crippen LogP contribution in [-0.4, -0.2) is 11.7 Å². The molecule has 70 valence electrons. The fraction of sp³-hybridized carbons (Fsp3) is 0.273. The minimum absolute atomic E-state index is 0.215. The standard InChI is InChI=1S/C11H13FO/c12-11-7-5-10(6-8-11)4-2-1-3-9-13/h2,4-8,13H,1,3,9H2. The van der Waals surface area contributed by atoms with Crippen LogP contribution in [0.2, 0.25) is 0 Å². The molecule has 0 amide bonds. The first kappa shape index (κ1) is 9.93. The molecule has 0 spiro atoms. The minimum Gasteiger partial charge on any atom is -0.396 e. The summed E-state index contributed by atoms with van der Waals surface area (Å²) in [5.74, 6) is -0.215. The second-order valence-electron chi connectivity index (χ2n) is 2.82. The van der Waals surface area contributed by atoms with Crippen LogP contribution in [0, 0.1) is 5.82 Å². The average Bonchev–Trinajstić information content (AvgIpc) is 2.15. The molecule has 0 heterocycles. The SMILES string of the molecule is OCCCC=Cc1ccc(F)cc1. The number of hydrogen-bond donors (Lipinski definition) is 1. The summed E-state index contributed by atoms with van der Waals surface area (Å²) < 4.78 is 12.5. The molecule has 2 heteroatoms. The molecule has 1 nitrogen and oxygen atoms in total. The molecule has 13 heavy (non-hydrogen) atoms. The molecule has 0 saturated carbocycles. The molecule has 0 radical (unpaired) electrons. The number of halogens is 1. The van der Waals surface area contributed by atoms with E-state index in [0.29, 0.717) is 0 Å². The molecule has 0 fully saturated rings. The minimum atomic E-state index is -0.215. The summed E-state index contributed by atoms with van der Waals surface area (Å²) in [6, 6.07) is 6.33. The Kier molecular flexibility index (Phi) is 4.19. The van der Waals surface area contributed by atoms with Crippen LogP contribution < -0.4 is 0 Å². The Labute approximate surface area is 77.5 Å². The van der Waals surface area contributed by atoms with E-state index in [2.05, 4.69) is 0 Å². The summed E-state index contributed by atoms with van der Waals surface area (Å²) in [4.78, 5) is 0. The largest absolute Gasteiger partial charge is 0.396 e. The van der Waals surface area contributed by atoms with Crippen LogP contribution in [0.3, 0.4) is 0 Å². The quantitative estimate of drug-likeness (QED) is 0.706. The highest BCUT2D eigenvalue weighted by Gasteiger charge is 1.87. The Bertz CT molecular complexity index is 264. The van der Waals surface area contributed by atoms with Gasteiger partial charge in [0, 0.05) is 6.61 Å². The molecule has 0 aliphatic heterocycles. The van der Waals surface area contributed by atoms with Gasteiger partial charge >= 0.3 is 0 Å². The van der Waals surface area contributed by atoms with Crippen molar-refractivity contribution >= 4 is 6.08 Å². The Hall–Kier alpha value is -1.15. The smallest absolute Gasteiger partial charge is 0.123 e. The molecule has 0 bridgehead atoms. The highest BCUT2D eigenvalue weighted by Crippen LogP contribution is 2.05. The van der Waals surface area contributed by atoms with Crippen LogP contribution in [0.1, 0.15) is 18.4 Å². The number of aliphatic hydroxyl groups is 1. The van der Waals surface area contributed by atoms with Crippen LogP contribution in [0.15, 0.2) is 30.3 Å². The molecule has 0 saturated heterocycles. The van der Waals surface area contributed by atoms with Crippen molar-refractivity contribution in [3.8, 4) is 0 Å². The highest BCUT2D eigenvalue weighted by atomic mass is 19.1. The van der Waals surface area contributed by atoms with E-state index in [1.807, 2.05) is 12.2 Å². The molecule has 0 aromatic heterocycles. The van der Waals surface area contributed by atoms with Crippen LogP contribution in [0.25, 0.3) is 6.08 Å². The third-order valence-corrected chi connectivity index (χ3v) is 1.71. The number of aliphatic hydroxyl groups excluding tert-OH is 1. The van der Waals surface area contributed by atoms with Crippen molar-refractivity contribution in [2.24, 2.45) is 0 Å². The summed E-state index contributed by atoms with van der Waals surface area (Å²) in [6.45, 7) is 0.216. The van der Waals surface area contributed by atoms with E-state index in [1.165, 1.54) is 12.1 Å². The molecule has 1 aromatic carbocycles. The van der Waals surface area contributed by atoms with Crippen molar-refractivity contribution in [2.45, 2.75) is 12.8 Å². The third kappa shape index (κ3) is 3.85. The third-order valence-electron chi connectivity index (χ3n) is 1.71. The van der Waals surface area contributed by atoms with Crippen LogP contribution in [0.5, 0.6) is 0 Å². The van der Waals surface area contributed by atoms with Gasteiger partial charge in [-0.2, -0.15) is 0 Å². The average molecular weight is 180 g/mol. The monoisotopic (exact) mass is 180 g/mol. The summed E-state index contributed by atoms with van der Waals surface area (Å²) >= 11 is 0. The molecule has 0 aliphatic rings. The molecule has 1 rings (SSSR count). The van der Waals surface area contributed by atoms with Crippen molar-refractivity contribution in [1.29, 1.82) is 0 Å². The second kappa shape index (κ2) is 5.49. The first-order valence-corrected chi connectivity index (χ1v) is 4.36. The van der Waals surface area contributed by atoms with E-state index >= 15 is 0 Å². The van der Waals surface area contributed by atoms with Crippen molar-refractivity contribution in [3.63, 3.8) is 0 Å². The number of unbranched alkanes of at least 4 members (excludes halogenated alkanes) is 1. The van der Waals surface area contributed by atoms with Crippen LogP contribution >= 0.6 is 0 Å². The lowest BCUT2D eigenvalue weighted by molar-refractivity contribution is 0.290. The topological polar surface area (TPSA) is 20.2 Å². The Morgan fingerprint density at radius 1 is 1.23 bits per heavy atom. The van der Waals surface area contributed by atoms with E-state index in [4.69, 9.17) is 5.11 Å². The van der Waals surface area contributed by atoms with Gasteiger partial charge in [0.2, 0.25) is 0 Å². The first-order chi connectivity index (χ1) is 6.33. The van der Waals surface area contributed by atoms with Crippen molar-refractivity contribution in [1.82, 2.24) is 0 Å². The summed E-state index contributed by atoms with van der Waals surface area (Å²) in [5.41, 5.74) is 0.985. The fourth-order valence-electron chi connectivity index (χ4n) is 1.00. The lowest BCUT2D eigenvalue weighted by atomic mass is 10.2. The molecule has 0 unspecified atom stereocenters. The van der Waals surface area contributed by atoms with E-state index in [1.54, 1.807) is 12.1 Å². The molecule has 1 N–H and O–H groups in total. The fourth-order valence-corrected chi connectivity index (χ4v) is 1.00. The molecule has 1 aromatic rings. The van der Waals surface area contributed by atoms with Gasteiger partial charge in [0.25, 0.3) is 0 Å². The molecular weight excluding hydrogens is 167 g/mol. The maximum absolute atomic E-state index is 12.5. The predicted octanol–water partition coefficient (Wildman–Crippen LogP) is 2.61. The van der Waals surface area contributed by atoms with Gasteiger partial charge in [-0.3, -0.25) is 0 Å². The zero-order chi connectivity index (χ0) is 9.52. The zero-order valence-corrected chi connectivity index (χ0v) is 7.41. The summed E-state index contributed by atoms with van der Waals surface area (Å²) in [7, 11) is 0. The maximum Gasteiger partial charge on any atom is 0.123 e. The summed E-state index contributed by atoms with van der Waals surface area (Å²) in [6.07, 6.45) is 5.53. The van der Waals surface area contributed by atoms with Gasteiger partial charge in [0.05, 0.1) is 0 Å². The van der Waals surface area contributed by atoms with Gasteiger partial charge in [0.1, 0.15) is 5.82 Å². The summed E-state index contributed by atoms with van der Waals surface area (Å²) in [5, 5.41) is 8.52. The zero-order valence-electron chi connectivity index (χ0n) is 7.41. The van der Waals surface area contributed by atoms with Gasteiger partial charge in [-0.05, 0) is 30.5 Å². The van der Waals surface area contributed by atoms with Crippen LogP contribution in [-0.2, 0) is 0 Å². The van der Waals surface area contributed by atoms with E-state index in [-0.39, 0.29) is 12.4 Å². The van der Waals surface area contributed by atoms with Gasteiger partial charge in [-0.25, -0.2) is 4.39 Å². The van der Waals surface area contributed by atoms with Gasteiger partial charge in [0.15, 0.2) is 0 Å². The van der Waals surface area contributed by atoms with Gasteiger partial charge < -0.3 is 5.11 Å². The number of rotatable bonds is 4. The van der Waals surface area contributed by atoms with Gasteiger partial charge in [-0.15, -0.1) is 0 Å². The van der Waals surface area contributed by atoms with Crippen molar-refractivity contribution in [2.75, 3.05) is 6.61 Å². The normalized spacial score (nSPS) is 10.9. The molecule has 0 atom stereocenters. The van der Waals surface area contributed by atoms with Crippen molar-refractivity contribution < 1.29 is 9.50 Å². The number of hydrogen-bond acceptors (Lipinski definition) is 1. The Balaban J connectivity index is 2.44. The van der Waals surface area contributed by atoms with E-state index in [9.17, 15) is 4.39 Å². The lowest BCUT2D eigenvalue weighted by Gasteiger charge is -1.92. The van der Waals surface area contributed by atoms with Crippen LogP contribution in [0.4, 0.5) is 4.39 Å². The van der Waals surface area contributed by atoms with Gasteiger partial charge in [-0.1, -0.05) is 24.3 Å². The second-order valence-corrected chi connectivity index (χ2v) is 2.82. The highest BCUT2D eigenvalue weighted by molar-refractivity contribution is 5.48. The lowest BCUT2D eigenvalue weighted by Crippen LogP contribution is -1.78. The Morgan fingerprint density at radius 3 is 2.54 bits per heavy atom. The number of allylic oxidation sites excluding steroid dienone is 1. The maximum atomic E-state index is 12.5. The van der Waals surface area contributed by atoms with E-state index < -0.39 is 0 Å².